The molecule has 8 heteroatoms. The summed E-state index contributed by atoms with van der Waals surface area (Å²) in [5.74, 6) is 1.97. The lowest BCUT2D eigenvalue weighted by Crippen LogP contribution is -2.45. The summed E-state index contributed by atoms with van der Waals surface area (Å²) in [6, 6.07) is 10.0. The molecule has 1 aromatic carbocycles. The predicted octanol–water partition coefficient (Wildman–Crippen LogP) is 1.97. The highest BCUT2D eigenvalue weighted by Gasteiger charge is 2.23. The zero-order valence-corrected chi connectivity index (χ0v) is 14.9. The quantitative estimate of drug-likeness (QED) is 0.558. The Labute approximate surface area is 155 Å². The van der Waals surface area contributed by atoms with Crippen LogP contribution in [0.2, 0.25) is 0 Å². The summed E-state index contributed by atoms with van der Waals surface area (Å²) in [5, 5.41) is 4.39. The first kappa shape index (κ1) is 16.9. The Bertz CT molecular complexity index is 923. The van der Waals surface area contributed by atoms with Gasteiger partial charge in [-0.05, 0) is 24.3 Å². The number of para-hydroxylation sites is 1. The van der Waals surface area contributed by atoms with Crippen molar-refractivity contribution in [2.45, 2.75) is 18.5 Å². The number of primary amides is 1. The van der Waals surface area contributed by atoms with Gasteiger partial charge >= 0.3 is 0 Å². The van der Waals surface area contributed by atoms with Crippen molar-refractivity contribution in [2.75, 3.05) is 16.8 Å². The van der Waals surface area contributed by atoms with Gasteiger partial charge in [-0.1, -0.05) is 18.2 Å². The normalized spacial score (nSPS) is 20.2. The number of carbonyl (C=O) groups is 1. The second-order valence-corrected chi connectivity index (χ2v) is 7.52. The third-order valence-electron chi connectivity index (χ3n) is 4.53. The average Bonchev–Trinajstić information content (AvgIpc) is 3.07. The fraction of sp³-hybridized carbons (Fsp3) is 0.278. The maximum absolute atomic E-state index is 11.8. The van der Waals surface area contributed by atoms with Crippen molar-refractivity contribution in [1.82, 2.24) is 15.0 Å². The van der Waals surface area contributed by atoms with Gasteiger partial charge in [0.05, 0.1) is 17.9 Å². The van der Waals surface area contributed by atoms with Crippen molar-refractivity contribution < 1.29 is 4.79 Å². The van der Waals surface area contributed by atoms with Crippen molar-refractivity contribution in [3.05, 3.63) is 42.2 Å². The van der Waals surface area contributed by atoms with Crippen LogP contribution in [0.5, 0.6) is 0 Å². The Morgan fingerprint density at radius 1 is 1.35 bits per heavy atom. The molecule has 7 nitrogen and oxygen atoms in total. The van der Waals surface area contributed by atoms with Crippen LogP contribution in [-0.2, 0) is 0 Å². The highest BCUT2D eigenvalue weighted by Crippen LogP contribution is 2.26. The number of carbonyl (C=O) groups excluding carboxylic acids is 1. The van der Waals surface area contributed by atoms with Crippen molar-refractivity contribution in [3.63, 3.8) is 0 Å². The molecule has 0 saturated carbocycles. The standard InChI is InChI=1S/C18H20N6OS/c19-11-5-6-26-9-14(11)23-15-8-21-17(18(20)25)16(24-15)13-7-10-3-1-2-4-12(10)22-13/h1-4,7-8,11,14,22H,5-6,9,19H2,(H2,20,25)(H,23,24)/t11-,14+/m1/s1. The maximum atomic E-state index is 11.8. The molecule has 0 aliphatic carbocycles. The Hall–Kier alpha value is -2.58. The van der Waals surface area contributed by atoms with E-state index in [4.69, 9.17) is 11.5 Å². The van der Waals surface area contributed by atoms with E-state index >= 15 is 0 Å². The predicted molar refractivity (Wildman–Crippen MR) is 105 cm³/mol. The van der Waals surface area contributed by atoms with Crippen LogP contribution in [0.1, 0.15) is 16.9 Å². The molecule has 1 aliphatic rings. The van der Waals surface area contributed by atoms with Gasteiger partial charge in [0.2, 0.25) is 0 Å². The van der Waals surface area contributed by atoms with E-state index in [1.807, 2.05) is 42.1 Å². The minimum absolute atomic E-state index is 0.0744. The molecular weight excluding hydrogens is 348 g/mol. The first-order chi connectivity index (χ1) is 12.6. The fourth-order valence-corrected chi connectivity index (χ4v) is 4.31. The molecule has 26 heavy (non-hydrogen) atoms. The Morgan fingerprint density at radius 2 is 2.19 bits per heavy atom. The van der Waals surface area contributed by atoms with Gasteiger partial charge in [0, 0.05) is 22.7 Å². The number of aromatic amines is 1. The minimum Gasteiger partial charge on any atom is -0.364 e. The summed E-state index contributed by atoms with van der Waals surface area (Å²) in [7, 11) is 0. The molecule has 134 valence electrons. The van der Waals surface area contributed by atoms with Crippen LogP contribution < -0.4 is 16.8 Å². The molecule has 4 rings (SSSR count). The van der Waals surface area contributed by atoms with Crippen molar-refractivity contribution in [1.29, 1.82) is 0 Å². The molecule has 0 radical (unpaired) electrons. The lowest BCUT2D eigenvalue weighted by molar-refractivity contribution is 0.0996. The second kappa shape index (κ2) is 6.97. The van der Waals surface area contributed by atoms with Crippen molar-refractivity contribution in [2.24, 2.45) is 11.5 Å². The van der Waals surface area contributed by atoms with Crippen LogP contribution in [0.4, 0.5) is 5.82 Å². The molecule has 3 aromatic rings. The van der Waals surface area contributed by atoms with Crippen LogP contribution in [-0.4, -0.2) is 44.4 Å². The van der Waals surface area contributed by atoms with Gasteiger partial charge in [0.1, 0.15) is 11.5 Å². The van der Waals surface area contributed by atoms with Gasteiger partial charge in [-0.15, -0.1) is 0 Å². The second-order valence-electron chi connectivity index (χ2n) is 6.37. The Balaban J connectivity index is 1.72. The van der Waals surface area contributed by atoms with Crippen LogP contribution in [0.25, 0.3) is 22.3 Å². The number of nitrogens with two attached hydrogens (primary N) is 2. The summed E-state index contributed by atoms with van der Waals surface area (Å²) < 4.78 is 0. The lowest BCUT2D eigenvalue weighted by atomic mass is 10.1. The average molecular weight is 368 g/mol. The molecule has 1 aliphatic heterocycles. The van der Waals surface area contributed by atoms with E-state index in [2.05, 4.69) is 20.3 Å². The number of hydrogen-bond acceptors (Lipinski definition) is 6. The number of benzene rings is 1. The molecule has 0 bridgehead atoms. The zero-order valence-electron chi connectivity index (χ0n) is 14.1. The Kier molecular flexibility index (Phi) is 4.52. The third kappa shape index (κ3) is 3.25. The molecule has 2 atom stereocenters. The van der Waals surface area contributed by atoms with Crippen molar-refractivity contribution in [3.8, 4) is 11.4 Å². The van der Waals surface area contributed by atoms with Gasteiger partial charge in [-0.25, -0.2) is 9.97 Å². The number of H-pyrrole nitrogens is 1. The highest BCUT2D eigenvalue weighted by atomic mass is 32.2. The number of nitrogens with one attached hydrogen (secondary N) is 2. The van der Waals surface area contributed by atoms with Crippen LogP contribution in [0.3, 0.4) is 0 Å². The summed E-state index contributed by atoms with van der Waals surface area (Å²) >= 11 is 1.87. The molecule has 3 heterocycles. The number of rotatable bonds is 4. The monoisotopic (exact) mass is 368 g/mol. The number of amides is 1. The van der Waals surface area contributed by atoms with Crippen LogP contribution in [0.15, 0.2) is 36.5 Å². The summed E-state index contributed by atoms with van der Waals surface area (Å²) in [4.78, 5) is 24.0. The van der Waals surface area contributed by atoms with Crippen LogP contribution >= 0.6 is 11.8 Å². The first-order valence-corrected chi connectivity index (χ1v) is 9.62. The van der Waals surface area contributed by atoms with E-state index < -0.39 is 5.91 Å². The number of fused-ring (bicyclic) bond motifs is 1. The molecular formula is C18H20N6OS. The first-order valence-electron chi connectivity index (χ1n) is 8.46. The topological polar surface area (TPSA) is 123 Å². The molecule has 0 spiro atoms. The largest absolute Gasteiger partial charge is 0.364 e. The molecule has 1 amide bonds. The van der Waals surface area contributed by atoms with E-state index in [9.17, 15) is 4.79 Å². The highest BCUT2D eigenvalue weighted by molar-refractivity contribution is 7.99. The Morgan fingerprint density at radius 3 is 2.96 bits per heavy atom. The maximum Gasteiger partial charge on any atom is 0.269 e. The SMILES string of the molecule is NC(=O)c1ncc(N[C@H]2CSCC[C@H]2N)nc1-c1cc2ccccc2[nH]1. The number of hydrogen-bond donors (Lipinski definition) is 4. The minimum atomic E-state index is -0.609. The third-order valence-corrected chi connectivity index (χ3v) is 5.65. The summed E-state index contributed by atoms with van der Waals surface area (Å²) in [6.07, 6.45) is 2.50. The van der Waals surface area contributed by atoms with Gasteiger partial charge < -0.3 is 21.8 Å². The summed E-state index contributed by atoms with van der Waals surface area (Å²) in [6.45, 7) is 0. The zero-order chi connectivity index (χ0) is 18.1. The van der Waals surface area contributed by atoms with Crippen LogP contribution in [0, 0.1) is 0 Å². The smallest absolute Gasteiger partial charge is 0.269 e. The molecule has 0 unspecified atom stereocenters. The van der Waals surface area contributed by atoms with Gasteiger partial charge in [-0.2, -0.15) is 11.8 Å². The van der Waals surface area contributed by atoms with Gasteiger partial charge in [0.25, 0.3) is 5.91 Å². The molecule has 2 aromatic heterocycles. The number of anilines is 1. The molecule has 6 N–H and O–H groups in total. The van der Waals surface area contributed by atoms with E-state index in [0.29, 0.717) is 17.2 Å². The fourth-order valence-electron chi connectivity index (χ4n) is 3.12. The van der Waals surface area contributed by atoms with E-state index in [0.717, 1.165) is 28.8 Å². The van der Waals surface area contributed by atoms with Gasteiger partial charge in [0.15, 0.2) is 5.69 Å². The summed E-state index contributed by atoms with van der Waals surface area (Å²) in [5.41, 5.74) is 14.0. The van der Waals surface area contributed by atoms with E-state index in [1.54, 1.807) is 0 Å². The van der Waals surface area contributed by atoms with Crippen molar-refractivity contribution >= 4 is 34.4 Å². The number of nitrogens with zero attached hydrogens (tertiary/aromatic N) is 2. The molecule has 1 saturated heterocycles. The van der Waals surface area contributed by atoms with E-state index in [1.165, 1.54) is 6.20 Å². The van der Waals surface area contributed by atoms with E-state index in [-0.39, 0.29) is 17.8 Å². The number of aromatic nitrogens is 3. The van der Waals surface area contributed by atoms with Gasteiger partial charge in [-0.3, -0.25) is 4.79 Å². The molecule has 1 fully saturated rings. The lowest BCUT2D eigenvalue weighted by Gasteiger charge is -2.29. The number of thioether (sulfide) groups is 1.